The summed E-state index contributed by atoms with van der Waals surface area (Å²) in [5.41, 5.74) is 7.23. The smallest absolute Gasteiger partial charge is 0.232 e. The van der Waals surface area contributed by atoms with E-state index in [9.17, 15) is 4.79 Å². The molecule has 1 aliphatic heterocycles. The summed E-state index contributed by atoms with van der Waals surface area (Å²) in [6.45, 7) is 2.70. The predicted octanol–water partition coefficient (Wildman–Crippen LogP) is 2.94. The highest BCUT2D eigenvalue weighted by Crippen LogP contribution is 2.27. The van der Waals surface area contributed by atoms with Gasteiger partial charge >= 0.3 is 0 Å². The number of carbonyl (C=O) groups excluding carboxylic acids is 1. The van der Waals surface area contributed by atoms with E-state index in [1.54, 1.807) is 0 Å². The minimum atomic E-state index is -0.228. The fourth-order valence-electron chi connectivity index (χ4n) is 2.66. The minimum absolute atomic E-state index is 0.0642. The SMILES string of the molecule is CCCCc1nnc(NC(=O)C2CNNC2c2ccc(Cl)cc2)s1. The first kappa shape index (κ1) is 17.3. The van der Waals surface area contributed by atoms with Gasteiger partial charge < -0.3 is 5.32 Å². The van der Waals surface area contributed by atoms with Crippen molar-refractivity contribution in [2.24, 2.45) is 5.92 Å². The van der Waals surface area contributed by atoms with E-state index in [4.69, 9.17) is 11.6 Å². The van der Waals surface area contributed by atoms with Gasteiger partial charge in [0.05, 0.1) is 12.0 Å². The molecule has 6 nitrogen and oxygen atoms in total. The number of nitrogens with one attached hydrogen (secondary N) is 3. The maximum Gasteiger partial charge on any atom is 0.232 e. The predicted molar refractivity (Wildman–Crippen MR) is 96.0 cm³/mol. The monoisotopic (exact) mass is 365 g/mol. The molecular formula is C16H20ClN5OS. The number of unbranched alkanes of at least 4 members (excludes halogenated alkanes) is 1. The van der Waals surface area contributed by atoms with Crippen LogP contribution in [0.25, 0.3) is 0 Å². The van der Waals surface area contributed by atoms with Crippen molar-refractivity contribution in [1.29, 1.82) is 0 Å². The zero-order valence-electron chi connectivity index (χ0n) is 13.4. The summed E-state index contributed by atoms with van der Waals surface area (Å²) in [7, 11) is 0. The molecule has 1 saturated heterocycles. The molecule has 1 fully saturated rings. The van der Waals surface area contributed by atoms with Gasteiger partial charge in [0.25, 0.3) is 0 Å². The van der Waals surface area contributed by atoms with E-state index in [0.29, 0.717) is 16.7 Å². The van der Waals surface area contributed by atoms with Gasteiger partial charge in [-0.05, 0) is 24.1 Å². The molecule has 1 amide bonds. The average molecular weight is 366 g/mol. The van der Waals surface area contributed by atoms with Crippen LogP contribution in [0.4, 0.5) is 5.13 Å². The summed E-state index contributed by atoms with van der Waals surface area (Å²) in [6, 6.07) is 7.42. The van der Waals surface area contributed by atoms with Crippen molar-refractivity contribution in [3.8, 4) is 0 Å². The Kier molecular flexibility index (Phi) is 5.78. The number of aromatic nitrogens is 2. The Morgan fingerprint density at radius 2 is 2.17 bits per heavy atom. The fraction of sp³-hybridized carbons (Fsp3) is 0.438. The quantitative estimate of drug-likeness (QED) is 0.733. The molecule has 0 aliphatic carbocycles. The molecule has 0 saturated carbocycles. The molecule has 1 aromatic heterocycles. The highest BCUT2D eigenvalue weighted by Gasteiger charge is 2.34. The number of halogens is 1. The number of nitrogens with zero attached hydrogens (tertiary/aromatic N) is 2. The second kappa shape index (κ2) is 8.02. The number of hydrazine groups is 1. The van der Waals surface area contributed by atoms with Crippen LogP contribution in [0.15, 0.2) is 24.3 Å². The molecule has 24 heavy (non-hydrogen) atoms. The number of rotatable bonds is 6. The third-order valence-electron chi connectivity index (χ3n) is 3.99. The number of anilines is 1. The van der Waals surface area contributed by atoms with Crippen molar-refractivity contribution in [2.45, 2.75) is 32.2 Å². The number of hydrogen-bond acceptors (Lipinski definition) is 6. The number of carbonyl (C=O) groups is 1. The molecule has 2 unspecified atom stereocenters. The Balaban J connectivity index is 1.65. The van der Waals surface area contributed by atoms with E-state index in [0.717, 1.165) is 29.8 Å². The van der Waals surface area contributed by atoms with Crippen LogP contribution in [0.2, 0.25) is 5.02 Å². The first-order chi connectivity index (χ1) is 11.7. The Morgan fingerprint density at radius 3 is 2.92 bits per heavy atom. The molecule has 0 spiro atoms. The lowest BCUT2D eigenvalue weighted by atomic mass is 9.94. The van der Waals surface area contributed by atoms with Crippen molar-refractivity contribution in [3.05, 3.63) is 39.9 Å². The van der Waals surface area contributed by atoms with Gasteiger partial charge in [-0.3, -0.25) is 10.2 Å². The summed E-state index contributed by atoms with van der Waals surface area (Å²) >= 11 is 7.38. The van der Waals surface area contributed by atoms with Gasteiger partial charge in [-0.1, -0.05) is 48.4 Å². The summed E-state index contributed by atoms with van der Waals surface area (Å²) in [5.74, 6) is -0.292. The van der Waals surface area contributed by atoms with Crippen LogP contribution in [-0.2, 0) is 11.2 Å². The number of benzene rings is 1. The van der Waals surface area contributed by atoms with E-state index >= 15 is 0 Å². The van der Waals surface area contributed by atoms with Crippen molar-refractivity contribution in [3.63, 3.8) is 0 Å². The van der Waals surface area contributed by atoms with Gasteiger partial charge in [-0.15, -0.1) is 10.2 Å². The van der Waals surface area contributed by atoms with Gasteiger partial charge in [0, 0.05) is 18.0 Å². The number of amides is 1. The molecule has 0 bridgehead atoms. The summed E-state index contributed by atoms with van der Waals surface area (Å²) in [5, 5.41) is 13.3. The van der Waals surface area contributed by atoms with Crippen molar-refractivity contribution >= 4 is 34.0 Å². The zero-order valence-corrected chi connectivity index (χ0v) is 15.0. The highest BCUT2D eigenvalue weighted by atomic mass is 35.5. The standard InChI is InChI=1S/C16H20ClN5OS/c1-2-3-4-13-20-22-16(24-13)19-15(23)12-9-18-21-14(12)10-5-7-11(17)8-6-10/h5-8,12,14,18,21H,2-4,9H2,1H3,(H,19,22,23). The van der Waals surface area contributed by atoms with Crippen molar-refractivity contribution in [1.82, 2.24) is 21.0 Å². The van der Waals surface area contributed by atoms with Crippen LogP contribution in [-0.4, -0.2) is 22.6 Å². The van der Waals surface area contributed by atoms with Crippen LogP contribution in [0.3, 0.4) is 0 Å². The number of aryl methyl sites for hydroxylation is 1. The lowest BCUT2D eigenvalue weighted by Crippen LogP contribution is -2.29. The molecule has 1 aromatic carbocycles. The van der Waals surface area contributed by atoms with E-state index in [2.05, 4.69) is 33.3 Å². The molecule has 3 N–H and O–H groups in total. The Bertz CT molecular complexity index is 690. The first-order valence-corrected chi connectivity index (χ1v) is 9.24. The lowest BCUT2D eigenvalue weighted by Gasteiger charge is -2.17. The van der Waals surface area contributed by atoms with Crippen LogP contribution in [0.5, 0.6) is 0 Å². The Labute approximate surface area is 150 Å². The largest absolute Gasteiger partial charge is 0.300 e. The minimum Gasteiger partial charge on any atom is -0.300 e. The molecule has 1 aliphatic rings. The Morgan fingerprint density at radius 1 is 1.38 bits per heavy atom. The molecule has 0 radical (unpaired) electrons. The topological polar surface area (TPSA) is 78.9 Å². The van der Waals surface area contributed by atoms with Crippen LogP contribution in [0.1, 0.15) is 36.4 Å². The van der Waals surface area contributed by atoms with Gasteiger partial charge in [0.1, 0.15) is 5.01 Å². The van der Waals surface area contributed by atoms with Crippen molar-refractivity contribution < 1.29 is 4.79 Å². The Hall–Kier alpha value is -1.54. The third-order valence-corrected chi connectivity index (χ3v) is 5.14. The van der Waals surface area contributed by atoms with E-state index in [1.165, 1.54) is 11.3 Å². The van der Waals surface area contributed by atoms with Gasteiger partial charge in [-0.2, -0.15) is 0 Å². The van der Waals surface area contributed by atoms with Gasteiger partial charge in [0.15, 0.2) is 0 Å². The van der Waals surface area contributed by atoms with Gasteiger partial charge in [-0.25, -0.2) is 5.43 Å². The molecule has 128 valence electrons. The number of hydrogen-bond donors (Lipinski definition) is 3. The summed E-state index contributed by atoms with van der Waals surface area (Å²) in [4.78, 5) is 12.6. The average Bonchev–Trinajstić information content (AvgIpc) is 3.23. The van der Waals surface area contributed by atoms with Crippen LogP contribution in [0, 0.1) is 5.92 Å². The molecule has 2 aromatic rings. The summed E-state index contributed by atoms with van der Waals surface area (Å²) < 4.78 is 0. The second-order valence-electron chi connectivity index (χ2n) is 5.75. The van der Waals surface area contributed by atoms with E-state index < -0.39 is 0 Å². The first-order valence-electron chi connectivity index (χ1n) is 8.04. The summed E-state index contributed by atoms with van der Waals surface area (Å²) in [6.07, 6.45) is 3.10. The van der Waals surface area contributed by atoms with Crippen LogP contribution >= 0.6 is 22.9 Å². The lowest BCUT2D eigenvalue weighted by molar-refractivity contribution is -0.119. The van der Waals surface area contributed by atoms with Gasteiger partial charge in [0.2, 0.25) is 11.0 Å². The molecule has 2 atom stereocenters. The molecular weight excluding hydrogens is 346 g/mol. The second-order valence-corrected chi connectivity index (χ2v) is 7.25. The van der Waals surface area contributed by atoms with E-state index in [-0.39, 0.29) is 17.9 Å². The highest BCUT2D eigenvalue weighted by molar-refractivity contribution is 7.15. The van der Waals surface area contributed by atoms with Crippen LogP contribution < -0.4 is 16.2 Å². The maximum atomic E-state index is 12.6. The normalized spacial score (nSPS) is 20.2. The zero-order chi connectivity index (χ0) is 16.9. The van der Waals surface area contributed by atoms with E-state index in [1.807, 2.05) is 24.3 Å². The maximum absolute atomic E-state index is 12.6. The fourth-order valence-corrected chi connectivity index (χ4v) is 3.57. The van der Waals surface area contributed by atoms with Crippen molar-refractivity contribution in [2.75, 3.05) is 11.9 Å². The third kappa shape index (κ3) is 4.10. The molecule has 2 heterocycles. The molecule has 3 rings (SSSR count). The molecule has 8 heteroatoms.